The highest BCUT2D eigenvalue weighted by Gasteiger charge is 2.14. The molecule has 1 aromatic carbocycles. The van der Waals surface area contributed by atoms with Crippen molar-refractivity contribution in [2.45, 2.75) is 31.3 Å². The number of methoxy groups -OCH3 is 2. The molecule has 0 bridgehead atoms. The summed E-state index contributed by atoms with van der Waals surface area (Å²) in [6.45, 7) is 3.97. The van der Waals surface area contributed by atoms with E-state index in [9.17, 15) is 10.1 Å². The number of carbonyl (C=O) groups excluding carboxylic acids is 1. The Morgan fingerprint density at radius 2 is 2.00 bits per heavy atom. The van der Waals surface area contributed by atoms with Gasteiger partial charge in [0.15, 0.2) is 11.5 Å². The molecule has 1 N–H and O–H groups in total. The van der Waals surface area contributed by atoms with Crippen molar-refractivity contribution in [3.8, 4) is 17.6 Å². The van der Waals surface area contributed by atoms with Crippen molar-refractivity contribution >= 4 is 28.6 Å². The summed E-state index contributed by atoms with van der Waals surface area (Å²) in [5.74, 6) is 1.29. The van der Waals surface area contributed by atoms with E-state index in [1.54, 1.807) is 32.4 Å². The van der Waals surface area contributed by atoms with Crippen LogP contribution in [-0.2, 0) is 4.79 Å². The Hall–Kier alpha value is -2.46. The van der Waals surface area contributed by atoms with Gasteiger partial charge in [0, 0.05) is 17.5 Å². The van der Waals surface area contributed by atoms with Crippen LogP contribution in [0.25, 0.3) is 10.9 Å². The second kappa shape index (κ2) is 8.58. The van der Waals surface area contributed by atoms with Gasteiger partial charge in [-0.25, -0.2) is 4.98 Å². The number of amides is 1. The predicted molar refractivity (Wildman–Crippen MR) is 98.2 cm³/mol. The predicted octanol–water partition coefficient (Wildman–Crippen LogP) is 3.13. The molecular weight excluding hydrogens is 338 g/mol. The van der Waals surface area contributed by atoms with Gasteiger partial charge in [-0.3, -0.25) is 4.79 Å². The third-order valence-corrected chi connectivity index (χ3v) is 4.76. The van der Waals surface area contributed by atoms with Crippen molar-refractivity contribution in [3.05, 3.63) is 23.8 Å². The fourth-order valence-corrected chi connectivity index (χ4v) is 3.00. The van der Waals surface area contributed by atoms with Crippen molar-refractivity contribution in [1.82, 2.24) is 10.3 Å². The molecule has 0 radical (unpaired) electrons. The van der Waals surface area contributed by atoms with Crippen LogP contribution in [0, 0.1) is 11.3 Å². The normalized spacial score (nSPS) is 11.6. The van der Waals surface area contributed by atoms with E-state index in [1.165, 1.54) is 11.8 Å². The van der Waals surface area contributed by atoms with Gasteiger partial charge in [-0.2, -0.15) is 5.26 Å². The van der Waals surface area contributed by atoms with E-state index in [1.807, 2.05) is 13.8 Å². The summed E-state index contributed by atoms with van der Waals surface area (Å²) in [7, 11) is 3.12. The average Bonchev–Trinajstić information content (AvgIpc) is 2.63. The third-order valence-electron chi connectivity index (χ3n) is 3.77. The van der Waals surface area contributed by atoms with E-state index < -0.39 is 0 Å². The molecule has 1 atom stereocenters. The number of nitrogens with zero attached hydrogens (tertiary/aromatic N) is 2. The van der Waals surface area contributed by atoms with Gasteiger partial charge in [-0.05, 0) is 25.5 Å². The average molecular weight is 359 g/mol. The van der Waals surface area contributed by atoms with E-state index in [4.69, 9.17) is 9.47 Å². The molecule has 25 heavy (non-hydrogen) atoms. The van der Waals surface area contributed by atoms with E-state index >= 15 is 0 Å². The fraction of sp³-hybridized carbons (Fsp3) is 0.389. The molecule has 132 valence electrons. The number of aromatic nitrogens is 1. The molecule has 1 aromatic heterocycles. The summed E-state index contributed by atoms with van der Waals surface area (Å²) in [4.78, 5) is 16.5. The van der Waals surface area contributed by atoms with E-state index in [0.29, 0.717) is 27.6 Å². The monoisotopic (exact) mass is 359 g/mol. The van der Waals surface area contributed by atoms with Crippen molar-refractivity contribution in [2.75, 3.05) is 20.0 Å². The maximum absolute atomic E-state index is 12.0. The molecule has 1 amide bonds. The van der Waals surface area contributed by atoms with E-state index in [-0.39, 0.29) is 17.7 Å². The van der Waals surface area contributed by atoms with Crippen LogP contribution in [0.2, 0.25) is 0 Å². The molecule has 0 unspecified atom stereocenters. The number of carbonyl (C=O) groups is 1. The Balaban J connectivity index is 2.30. The first-order valence-electron chi connectivity index (χ1n) is 7.91. The highest BCUT2D eigenvalue weighted by Crippen LogP contribution is 2.33. The summed E-state index contributed by atoms with van der Waals surface area (Å²) in [6.07, 6.45) is 0.871. The minimum absolute atomic E-state index is 0.0718. The van der Waals surface area contributed by atoms with Gasteiger partial charge < -0.3 is 14.8 Å². The highest BCUT2D eigenvalue weighted by molar-refractivity contribution is 8.00. The Morgan fingerprint density at radius 3 is 2.60 bits per heavy atom. The first kappa shape index (κ1) is 18.9. The molecule has 0 aliphatic carbocycles. The maximum Gasteiger partial charge on any atom is 0.230 e. The Bertz CT molecular complexity index is 817. The zero-order valence-corrected chi connectivity index (χ0v) is 15.6. The van der Waals surface area contributed by atoms with E-state index in [2.05, 4.69) is 16.4 Å². The van der Waals surface area contributed by atoms with Gasteiger partial charge in [-0.1, -0.05) is 18.7 Å². The van der Waals surface area contributed by atoms with Crippen molar-refractivity contribution in [1.29, 1.82) is 5.26 Å². The number of nitriles is 1. The second-order valence-electron chi connectivity index (χ2n) is 5.52. The zero-order chi connectivity index (χ0) is 18.4. The number of thioether (sulfide) groups is 1. The van der Waals surface area contributed by atoms with E-state index in [0.717, 1.165) is 11.8 Å². The van der Waals surface area contributed by atoms with Gasteiger partial charge in [0.1, 0.15) is 11.1 Å². The van der Waals surface area contributed by atoms with Gasteiger partial charge in [-0.15, -0.1) is 0 Å². The largest absolute Gasteiger partial charge is 0.493 e. The molecule has 0 aliphatic heterocycles. The standard InChI is InChI=1S/C18H21N3O3S/c1-5-11(2)20-17(22)10-25-18-13(9-19)6-12-7-15(23-3)16(24-4)8-14(12)21-18/h6-8,11H,5,10H2,1-4H3,(H,20,22)/t11-/m1/s1. The number of pyridine rings is 1. The number of ether oxygens (including phenoxy) is 2. The lowest BCUT2D eigenvalue weighted by Crippen LogP contribution is -2.33. The Labute approximate surface area is 151 Å². The molecule has 2 rings (SSSR count). The lowest BCUT2D eigenvalue weighted by Gasteiger charge is -2.12. The Kier molecular flexibility index (Phi) is 6.48. The minimum atomic E-state index is -0.0718. The molecular formula is C18H21N3O3S. The van der Waals surface area contributed by atoms with Crippen LogP contribution in [0.4, 0.5) is 0 Å². The van der Waals surface area contributed by atoms with Gasteiger partial charge in [0.05, 0.1) is 31.1 Å². The highest BCUT2D eigenvalue weighted by atomic mass is 32.2. The number of hydrogen-bond donors (Lipinski definition) is 1. The minimum Gasteiger partial charge on any atom is -0.493 e. The van der Waals surface area contributed by atoms with Gasteiger partial charge >= 0.3 is 0 Å². The van der Waals surface area contributed by atoms with Gasteiger partial charge in [0.25, 0.3) is 0 Å². The first-order chi connectivity index (χ1) is 12.0. The molecule has 0 saturated carbocycles. The molecule has 2 aromatic rings. The van der Waals surface area contributed by atoms with Crippen LogP contribution in [0.15, 0.2) is 23.2 Å². The van der Waals surface area contributed by atoms with Crippen molar-refractivity contribution in [2.24, 2.45) is 0 Å². The van der Waals surface area contributed by atoms with Crippen LogP contribution in [0.5, 0.6) is 11.5 Å². The maximum atomic E-state index is 12.0. The summed E-state index contributed by atoms with van der Waals surface area (Å²) >= 11 is 1.25. The summed E-state index contributed by atoms with van der Waals surface area (Å²) in [5.41, 5.74) is 1.11. The lowest BCUT2D eigenvalue weighted by molar-refractivity contribution is -0.119. The van der Waals surface area contributed by atoms with Crippen LogP contribution >= 0.6 is 11.8 Å². The molecule has 0 fully saturated rings. The summed E-state index contributed by atoms with van der Waals surface area (Å²) in [5, 5.41) is 13.6. The molecule has 0 spiro atoms. The molecule has 6 nitrogen and oxygen atoms in total. The molecule has 0 aliphatic rings. The molecule has 0 saturated heterocycles. The quantitative estimate of drug-likeness (QED) is 0.765. The summed E-state index contributed by atoms with van der Waals surface area (Å²) < 4.78 is 10.6. The Morgan fingerprint density at radius 1 is 1.32 bits per heavy atom. The van der Waals surface area contributed by atoms with Crippen LogP contribution in [-0.4, -0.2) is 36.9 Å². The van der Waals surface area contributed by atoms with Crippen LogP contribution in [0.3, 0.4) is 0 Å². The zero-order valence-electron chi connectivity index (χ0n) is 14.8. The second-order valence-corrected chi connectivity index (χ2v) is 6.48. The number of benzene rings is 1. The first-order valence-corrected chi connectivity index (χ1v) is 8.90. The van der Waals surface area contributed by atoms with Gasteiger partial charge in [0.2, 0.25) is 5.91 Å². The van der Waals surface area contributed by atoms with Crippen LogP contribution < -0.4 is 14.8 Å². The van der Waals surface area contributed by atoms with Crippen LogP contribution in [0.1, 0.15) is 25.8 Å². The topological polar surface area (TPSA) is 84.2 Å². The number of hydrogen-bond acceptors (Lipinski definition) is 6. The SMILES string of the molecule is CC[C@@H](C)NC(=O)CSc1nc2cc(OC)c(OC)cc2cc1C#N. The third kappa shape index (κ3) is 4.54. The summed E-state index contributed by atoms with van der Waals surface area (Å²) in [6, 6.07) is 7.57. The fourth-order valence-electron chi connectivity index (χ4n) is 2.23. The lowest BCUT2D eigenvalue weighted by atomic mass is 10.1. The molecule has 7 heteroatoms. The van der Waals surface area contributed by atoms with Crippen molar-refractivity contribution < 1.29 is 14.3 Å². The number of fused-ring (bicyclic) bond motifs is 1. The van der Waals surface area contributed by atoms with Crippen molar-refractivity contribution in [3.63, 3.8) is 0 Å². The number of nitrogens with one attached hydrogen (secondary N) is 1. The number of rotatable bonds is 7. The molecule has 1 heterocycles. The smallest absolute Gasteiger partial charge is 0.230 e.